The maximum atomic E-state index is 12.0. The third kappa shape index (κ3) is 3.96. The lowest BCUT2D eigenvalue weighted by Gasteiger charge is -2.19. The zero-order valence-electron chi connectivity index (χ0n) is 12.4. The van der Waals surface area contributed by atoms with Gasteiger partial charge >= 0.3 is 0 Å². The van der Waals surface area contributed by atoms with Gasteiger partial charge in [-0.2, -0.15) is 0 Å². The molecule has 0 aliphatic rings. The van der Waals surface area contributed by atoms with E-state index in [2.05, 4.69) is 5.32 Å². The molecule has 0 aromatic heterocycles. The van der Waals surface area contributed by atoms with Gasteiger partial charge in [0, 0.05) is 18.7 Å². The second-order valence-electron chi connectivity index (χ2n) is 4.70. The zero-order valence-corrected chi connectivity index (χ0v) is 13.2. The van der Waals surface area contributed by atoms with Crippen LogP contribution in [0.3, 0.4) is 0 Å². The lowest BCUT2D eigenvalue weighted by Crippen LogP contribution is -2.32. The smallest absolute Gasteiger partial charge is 0.251 e. The highest BCUT2D eigenvalue weighted by molar-refractivity contribution is 7.92. The summed E-state index contributed by atoms with van der Waals surface area (Å²) in [6, 6.07) is 6.71. The summed E-state index contributed by atoms with van der Waals surface area (Å²) in [6.07, 6.45) is 0.843. The standard InChI is InChI=1S/C14H22N2O3S/c1-5-11(3)15-14(17)12-8-7-9-13(10-12)16(4)20(18,19)6-2/h7-11H,5-6H2,1-4H3,(H,15,17)/t11-/m1/s1. The quantitative estimate of drug-likeness (QED) is 0.873. The number of benzene rings is 1. The third-order valence-corrected chi connectivity index (χ3v) is 5.02. The van der Waals surface area contributed by atoms with Crippen molar-refractivity contribution in [2.75, 3.05) is 17.1 Å². The fraction of sp³-hybridized carbons (Fsp3) is 0.500. The van der Waals surface area contributed by atoms with Crippen LogP contribution in [0.15, 0.2) is 24.3 Å². The Morgan fingerprint density at radius 3 is 2.55 bits per heavy atom. The number of carbonyl (C=O) groups excluding carboxylic acids is 1. The number of sulfonamides is 1. The Bertz CT molecular complexity index is 570. The van der Waals surface area contributed by atoms with E-state index in [0.29, 0.717) is 11.3 Å². The summed E-state index contributed by atoms with van der Waals surface area (Å²) in [5.74, 6) is -0.171. The van der Waals surface area contributed by atoms with E-state index in [9.17, 15) is 13.2 Å². The van der Waals surface area contributed by atoms with Gasteiger partial charge < -0.3 is 5.32 Å². The zero-order chi connectivity index (χ0) is 15.3. The molecule has 0 bridgehead atoms. The van der Waals surface area contributed by atoms with Gasteiger partial charge in [-0.05, 0) is 38.5 Å². The van der Waals surface area contributed by atoms with Gasteiger partial charge in [0.15, 0.2) is 0 Å². The number of hydrogen-bond acceptors (Lipinski definition) is 3. The van der Waals surface area contributed by atoms with Gasteiger partial charge in [0.25, 0.3) is 5.91 Å². The van der Waals surface area contributed by atoms with Crippen molar-refractivity contribution in [1.29, 1.82) is 0 Å². The molecule has 6 heteroatoms. The number of nitrogens with one attached hydrogen (secondary N) is 1. The molecule has 20 heavy (non-hydrogen) atoms. The number of carbonyl (C=O) groups is 1. The van der Waals surface area contributed by atoms with Crippen molar-refractivity contribution in [1.82, 2.24) is 5.32 Å². The highest BCUT2D eigenvalue weighted by atomic mass is 32.2. The van der Waals surface area contributed by atoms with Crippen LogP contribution in [0.2, 0.25) is 0 Å². The van der Waals surface area contributed by atoms with Gasteiger partial charge in [-0.15, -0.1) is 0 Å². The van der Waals surface area contributed by atoms with Crippen molar-refractivity contribution in [2.45, 2.75) is 33.2 Å². The fourth-order valence-electron chi connectivity index (χ4n) is 1.61. The number of anilines is 1. The Morgan fingerprint density at radius 1 is 1.35 bits per heavy atom. The largest absolute Gasteiger partial charge is 0.350 e. The van der Waals surface area contributed by atoms with Crippen LogP contribution in [0.4, 0.5) is 5.69 Å². The molecule has 0 aliphatic heterocycles. The third-order valence-electron chi connectivity index (χ3n) is 3.24. The molecule has 1 atom stereocenters. The van der Waals surface area contributed by atoms with Crippen molar-refractivity contribution in [3.63, 3.8) is 0 Å². The second-order valence-corrected chi connectivity index (χ2v) is 6.99. The SMILES string of the molecule is CC[C@@H](C)NC(=O)c1cccc(N(C)S(=O)(=O)CC)c1. The first-order valence-corrected chi connectivity index (χ1v) is 8.30. The van der Waals surface area contributed by atoms with Crippen molar-refractivity contribution >= 4 is 21.6 Å². The Kier molecular flexibility index (Phi) is 5.56. The Hall–Kier alpha value is -1.56. The van der Waals surface area contributed by atoms with Gasteiger partial charge in [-0.3, -0.25) is 9.10 Å². The lowest BCUT2D eigenvalue weighted by molar-refractivity contribution is 0.0939. The first kappa shape index (κ1) is 16.5. The van der Waals surface area contributed by atoms with Crippen LogP contribution < -0.4 is 9.62 Å². The summed E-state index contributed by atoms with van der Waals surface area (Å²) in [5, 5.41) is 2.86. The topological polar surface area (TPSA) is 66.5 Å². The summed E-state index contributed by atoms with van der Waals surface area (Å²) in [5.41, 5.74) is 0.949. The lowest BCUT2D eigenvalue weighted by atomic mass is 10.1. The monoisotopic (exact) mass is 298 g/mol. The van der Waals surface area contributed by atoms with Crippen LogP contribution in [-0.2, 0) is 10.0 Å². The van der Waals surface area contributed by atoms with E-state index in [4.69, 9.17) is 0 Å². The molecule has 0 heterocycles. The number of amides is 1. The summed E-state index contributed by atoms with van der Waals surface area (Å²) < 4.78 is 24.9. The van der Waals surface area contributed by atoms with E-state index in [-0.39, 0.29) is 17.7 Å². The Morgan fingerprint density at radius 2 is 2.00 bits per heavy atom. The average molecular weight is 298 g/mol. The minimum Gasteiger partial charge on any atom is -0.350 e. The normalized spacial score (nSPS) is 12.8. The van der Waals surface area contributed by atoms with E-state index >= 15 is 0 Å². The fourth-order valence-corrected chi connectivity index (χ4v) is 2.43. The van der Waals surface area contributed by atoms with Crippen LogP contribution in [0.25, 0.3) is 0 Å². The summed E-state index contributed by atoms with van der Waals surface area (Å²) >= 11 is 0. The molecule has 0 spiro atoms. The first-order valence-electron chi connectivity index (χ1n) is 6.69. The molecule has 0 radical (unpaired) electrons. The van der Waals surface area contributed by atoms with Crippen molar-refractivity contribution in [2.24, 2.45) is 0 Å². The van der Waals surface area contributed by atoms with Crippen molar-refractivity contribution < 1.29 is 13.2 Å². The van der Waals surface area contributed by atoms with Crippen LogP contribution in [0.5, 0.6) is 0 Å². The van der Waals surface area contributed by atoms with Crippen LogP contribution >= 0.6 is 0 Å². The molecule has 1 amide bonds. The van der Waals surface area contributed by atoms with Gasteiger partial charge in [-0.25, -0.2) is 8.42 Å². The van der Waals surface area contributed by atoms with Crippen molar-refractivity contribution in [3.8, 4) is 0 Å². The second kappa shape index (κ2) is 6.74. The van der Waals surface area contributed by atoms with Crippen LogP contribution in [0.1, 0.15) is 37.6 Å². The maximum absolute atomic E-state index is 12.0. The molecule has 112 valence electrons. The molecule has 1 aromatic rings. The summed E-state index contributed by atoms with van der Waals surface area (Å²) in [4.78, 5) is 12.0. The minimum absolute atomic E-state index is 0.0206. The molecule has 0 aliphatic carbocycles. The molecule has 1 aromatic carbocycles. The summed E-state index contributed by atoms with van der Waals surface area (Å²) in [6.45, 7) is 5.50. The highest BCUT2D eigenvalue weighted by Crippen LogP contribution is 2.18. The van der Waals surface area contributed by atoms with Gasteiger partial charge in [0.05, 0.1) is 11.4 Å². The minimum atomic E-state index is -3.32. The maximum Gasteiger partial charge on any atom is 0.251 e. The first-order chi connectivity index (χ1) is 9.31. The molecule has 1 rings (SSSR count). The van der Waals surface area contributed by atoms with Gasteiger partial charge in [0.1, 0.15) is 0 Å². The van der Waals surface area contributed by atoms with Gasteiger partial charge in [-0.1, -0.05) is 13.0 Å². The molecule has 5 nitrogen and oxygen atoms in total. The molecular weight excluding hydrogens is 276 g/mol. The average Bonchev–Trinajstić information content (AvgIpc) is 2.46. The molecule has 0 fully saturated rings. The number of nitrogens with zero attached hydrogens (tertiary/aromatic N) is 1. The van der Waals surface area contributed by atoms with Crippen molar-refractivity contribution in [3.05, 3.63) is 29.8 Å². The number of hydrogen-bond donors (Lipinski definition) is 1. The van der Waals surface area contributed by atoms with E-state index < -0.39 is 10.0 Å². The van der Waals surface area contributed by atoms with E-state index in [1.54, 1.807) is 31.2 Å². The van der Waals surface area contributed by atoms with Crippen LogP contribution in [0, 0.1) is 0 Å². The molecule has 0 saturated heterocycles. The summed E-state index contributed by atoms with van der Waals surface area (Å²) in [7, 11) is -1.83. The molecular formula is C14H22N2O3S. The molecule has 1 N–H and O–H groups in total. The van der Waals surface area contributed by atoms with E-state index in [1.807, 2.05) is 13.8 Å². The van der Waals surface area contributed by atoms with E-state index in [0.717, 1.165) is 6.42 Å². The number of rotatable bonds is 6. The molecule has 0 unspecified atom stereocenters. The molecule has 0 saturated carbocycles. The van der Waals surface area contributed by atoms with Crippen LogP contribution in [-0.4, -0.2) is 33.2 Å². The predicted molar refractivity (Wildman–Crippen MR) is 81.5 cm³/mol. The Balaban J connectivity index is 2.99. The Labute approximate surface area is 121 Å². The highest BCUT2D eigenvalue weighted by Gasteiger charge is 2.17. The van der Waals surface area contributed by atoms with Gasteiger partial charge in [0.2, 0.25) is 10.0 Å². The van der Waals surface area contributed by atoms with E-state index in [1.165, 1.54) is 11.4 Å². The predicted octanol–water partition coefficient (Wildman–Crippen LogP) is 2.00.